The van der Waals surface area contributed by atoms with Crippen molar-refractivity contribution in [2.24, 2.45) is 0 Å². The maximum atomic E-state index is 12.5. The first-order valence-corrected chi connectivity index (χ1v) is 9.19. The lowest BCUT2D eigenvalue weighted by Gasteiger charge is -2.17. The predicted octanol–water partition coefficient (Wildman–Crippen LogP) is 1.71. The van der Waals surface area contributed by atoms with Crippen LogP contribution < -0.4 is 9.46 Å². The molecule has 0 aliphatic heterocycles. The van der Waals surface area contributed by atoms with E-state index in [0.29, 0.717) is 18.8 Å². The van der Waals surface area contributed by atoms with Gasteiger partial charge in [-0.25, -0.2) is 9.78 Å². The summed E-state index contributed by atoms with van der Waals surface area (Å²) in [7, 11) is -2.62. The Labute approximate surface area is 146 Å². The number of anilines is 1. The minimum Gasteiger partial charge on any atom is -0.495 e. The molecule has 0 bridgehead atoms. The lowest BCUT2D eigenvalue weighted by molar-refractivity contribution is 0.201. The van der Waals surface area contributed by atoms with Gasteiger partial charge in [-0.2, -0.15) is 13.1 Å². The largest absolute Gasteiger partial charge is 0.495 e. The van der Waals surface area contributed by atoms with Gasteiger partial charge in [0.05, 0.1) is 12.8 Å². The van der Waals surface area contributed by atoms with Crippen molar-refractivity contribution in [2.75, 3.05) is 24.9 Å². The first kappa shape index (κ1) is 18.7. The Hall–Kier alpha value is -2.62. The number of nitrogens with one attached hydrogen (secondary N) is 1. The van der Waals surface area contributed by atoms with Gasteiger partial charge in [0.25, 0.3) is 15.2 Å². The molecule has 0 fully saturated rings. The van der Waals surface area contributed by atoms with E-state index in [2.05, 4.69) is 14.8 Å². The number of aryl methyl sites for hydroxylation is 1. The van der Waals surface area contributed by atoms with E-state index in [0.717, 1.165) is 16.6 Å². The van der Waals surface area contributed by atoms with E-state index >= 15 is 0 Å². The summed E-state index contributed by atoms with van der Waals surface area (Å²) in [4.78, 5) is 17.5. The van der Waals surface area contributed by atoms with E-state index in [1.807, 2.05) is 20.8 Å². The molecule has 2 aromatic rings. The van der Waals surface area contributed by atoms with Crippen LogP contribution in [0.2, 0.25) is 0 Å². The maximum absolute atomic E-state index is 12.5. The molecular formula is C15H21N5O4S. The third-order valence-electron chi connectivity index (χ3n) is 3.54. The smallest absolute Gasteiger partial charge is 0.346 e. The fourth-order valence-corrected chi connectivity index (χ4v) is 3.12. The Morgan fingerprint density at radius 1 is 1.32 bits per heavy atom. The van der Waals surface area contributed by atoms with E-state index in [4.69, 9.17) is 4.74 Å². The maximum Gasteiger partial charge on any atom is 0.346 e. The molecule has 0 radical (unpaired) electrons. The summed E-state index contributed by atoms with van der Waals surface area (Å²) < 4.78 is 33.4. The molecule has 136 valence electrons. The van der Waals surface area contributed by atoms with Gasteiger partial charge in [0.2, 0.25) is 0 Å². The normalized spacial score (nSPS) is 11.2. The molecule has 9 nitrogen and oxygen atoms in total. The van der Waals surface area contributed by atoms with Crippen molar-refractivity contribution in [2.45, 2.75) is 25.9 Å². The zero-order chi connectivity index (χ0) is 18.6. The quantitative estimate of drug-likeness (QED) is 0.833. The molecule has 0 atom stereocenters. The number of benzene rings is 1. The van der Waals surface area contributed by atoms with Gasteiger partial charge in [-0.05, 0) is 38.5 Å². The minimum absolute atomic E-state index is 0.272. The number of hydrogen-bond donors (Lipinski definition) is 1. The van der Waals surface area contributed by atoms with Crippen LogP contribution in [0.3, 0.4) is 0 Å². The SMILES string of the molecule is CCN(CC)C(=O)n1cnc(S(=O)(=O)Nc2cc(C)ccc2OC)n1. The van der Waals surface area contributed by atoms with Gasteiger partial charge >= 0.3 is 6.03 Å². The summed E-state index contributed by atoms with van der Waals surface area (Å²) in [5.41, 5.74) is 1.13. The number of sulfonamides is 1. The standard InChI is InChI=1S/C15H21N5O4S/c1-5-19(6-2)15(21)20-10-16-14(17-20)25(22,23)18-12-9-11(3)7-8-13(12)24-4/h7-10,18H,5-6H2,1-4H3. The number of aromatic nitrogens is 3. The number of ether oxygens (including phenoxy) is 1. The monoisotopic (exact) mass is 367 g/mol. The number of nitrogens with zero attached hydrogens (tertiary/aromatic N) is 4. The van der Waals surface area contributed by atoms with Gasteiger partial charge in [-0.3, -0.25) is 4.72 Å². The summed E-state index contributed by atoms with van der Waals surface area (Å²) in [6.07, 6.45) is 1.09. The second-order valence-electron chi connectivity index (χ2n) is 5.24. The number of hydrogen-bond acceptors (Lipinski definition) is 6. The molecule has 1 amide bonds. The average molecular weight is 367 g/mol. The van der Waals surface area contributed by atoms with Crippen LogP contribution in [0.1, 0.15) is 19.4 Å². The third kappa shape index (κ3) is 4.08. The highest BCUT2D eigenvalue weighted by molar-refractivity contribution is 7.92. The first-order valence-electron chi connectivity index (χ1n) is 7.70. The Kier molecular flexibility index (Phi) is 5.62. The summed E-state index contributed by atoms with van der Waals surface area (Å²) in [5.74, 6) is 0.368. The molecule has 1 N–H and O–H groups in total. The van der Waals surface area contributed by atoms with Crippen LogP contribution in [0.25, 0.3) is 0 Å². The van der Waals surface area contributed by atoms with Crippen molar-refractivity contribution in [1.29, 1.82) is 0 Å². The van der Waals surface area contributed by atoms with E-state index in [1.54, 1.807) is 18.2 Å². The Morgan fingerprint density at radius 2 is 2.00 bits per heavy atom. The van der Waals surface area contributed by atoms with Crippen LogP contribution in [0, 0.1) is 6.92 Å². The summed E-state index contributed by atoms with van der Waals surface area (Å²) in [5, 5.41) is 3.31. The molecule has 2 rings (SSSR count). The lowest BCUT2D eigenvalue weighted by Crippen LogP contribution is -2.34. The summed E-state index contributed by atoms with van der Waals surface area (Å²) in [6.45, 7) is 6.43. The van der Waals surface area contributed by atoms with Crippen LogP contribution in [0.15, 0.2) is 29.7 Å². The highest BCUT2D eigenvalue weighted by Gasteiger charge is 2.24. The van der Waals surface area contributed by atoms with Gasteiger partial charge < -0.3 is 9.64 Å². The number of rotatable bonds is 6. The molecule has 10 heteroatoms. The zero-order valence-electron chi connectivity index (χ0n) is 14.6. The summed E-state index contributed by atoms with van der Waals surface area (Å²) in [6, 6.07) is 4.65. The molecule has 0 unspecified atom stereocenters. The third-order valence-corrected chi connectivity index (χ3v) is 4.70. The molecule has 1 heterocycles. The van der Waals surface area contributed by atoms with Crippen molar-refractivity contribution in [3.05, 3.63) is 30.1 Å². The van der Waals surface area contributed by atoms with Crippen LogP contribution in [0.4, 0.5) is 10.5 Å². The van der Waals surface area contributed by atoms with Gasteiger partial charge in [-0.15, -0.1) is 5.10 Å². The number of amides is 1. The van der Waals surface area contributed by atoms with E-state index in [1.165, 1.54) is 12.0 Å². The second-order valence-corrected chi connectivity index (χ2v) is 6.81. The van der Waals surface area contributed by atoms with Crippen molar-refractivity contribution in [1.82, 2.24) is 19.7 Å². The molecule has 1 aromatic heterocycles. The van der Waals surface area contributed by atoms with Gasteiger partial charge in [-0.1, -0.05) is 6.07 Å². The van der Waals surface area contributed by atoms with Crippen molar-refractivity contribution in [3.63, 3.8) is 0 Å². The number of carbonyl (C=O) groups excluding carboxylic acids is 1. The highest BCUT2D eigenvalue weighted by Crippen LogP contribution is 2.27. The molecule has 0 saturated carbocycles. The van der Waals surface area contributed by atoms with Crippen LogP contribution in [-0.4, -0.2) is 54.3 Å². The first-order chi connectivity index (χ1) is 11.8. The van der Waals surface area contributed by atoms with Crippen molar-refractivity contribution < 1.29 is 17.9 Å². The van der Waals surface area contributed by atoms with E-state index in [-0.39, 0.29) is 5.69 Å². The zero-order valence-corrected chi connectivity index (χ0v) is 15.4. The second kappa shape index (κ2) is 7.51. The number of carbonyl (C=O) groups is 1. The lowest BCUT2D eigenvalue weighted by atomic mass is 10.2. The molecule has 0 saturated heterocycles. The van der Waals surface area contributed by atoms with Gasteiger partial charge in [0.15, 0.2) is 0 Å². The van der Waals surface area contributed by atoms with Crippen LogP contribution in [0.5, 0.6) is 5.75 Å². The number of methoxy groups -OCH3 is 1. The highest BCUT2D eigenvalue weighted by atomic mass is 32.2. The van der Waals surface area contributed by atoms with E-state index < -0.39 is 21.2 Å². The van der Waals surface area contributed by atoms with Crippen molar-refractivity contribution in [3.8, 4) is 5.75 Å². The Morgan fingerprint density at radius 3 is 2.60 bits per heavy atom. The van der Waals surface area contributed by atoms with Crippen LogP contribution in [-0.2, 0) is 10.0 Å². The van der Waals surface area contributed by atoms with E-state index in [9.17, 15) is 13.2 Å². The average Bonchev–Trinajstić information content (AvgIpc) is 3.06. The fraction of sp³-hybridized carbons (Fsp3) is 0.400. The molecule has 1 aromatic carbocycles. The molecule has 0 aliphatic rings. The fourth-order valence-electron chi connectivity index (χ4n) is 2.19. The van der Waals surface area contributed by atoms with Gasteiger partial charge in [0.1, 0.15) is 12.1 Å². The minimum atomic E-state index is -4.06. The van der Waals surface area contributed by atoms with Crippen molar-refractivity contribution >= 4 is 21.7 Å². The topological polar surface area (TPSA) is 106 Å². The Balaban J connectivity index is 2.30. The van der Waals surface area contributed by atoms with Crippen LogP contribution >= 0.6 is 0 Å². The summed E-state index contributed by atoms with van der Waals surface area (Å²) >= 11 is 0. The molecule has 0 aliphatic carbocycles. The predicted molar refractivity (Wildman–Crippen MR) is 92.3 cm³/mol. The Bertz CT molecular complexity index is 859. The molecule has 25 heavy (non-hydrogen) atoms. The molecule has 0 spiro atoms. The van der Waals surface area contributed by atoms with Gasteiger partial charge in [0, 0.05) is 13.1 Å². The molecular weight excluding hydrogens is 346 g/mol.